The maximum Gasteiger partial charge on any atom is 0.256 e. The summed E-state index contributed by atoms with van der Waals surface area (Å²) in [5.41, 5.74) is 1.61. The SMILES string of the molecule is O=C(c1ccccc1-n1cccc1)N1CCCC(c2nn[nH]n2)C1. The fourth-order valence-electron chi connectivity index (χ4n) is 3.26. The van der Waals surface area contributed by atoms with Gasteiger partial charge < -0.3 is 9.47 Å². The lowest BCUT2D eigenvalue weighted by Gasteiger charge is -2.31. The van der Waals surface area contributed by atoms with E-state index in [-0.39, 0.29) is 11.8 Å². The Bertz CT molecular complexity index is 811. The van der Waals surface area contributed by atoms with Crippen LogP contribution in [0, 0.1) is 0 Å². The number of benzene rings is 1. The summed E-state index contributed by atoms with van der Waals surface area (Å²) in [4.78, 5) is 15.0. The van der Waals surface area contributed by atoms with Crippen LogP contribution < -0.4 is 0 Å². The highest BCUT2D eigenvalue weighted by molar-refractivity contribution is 5.97. The predicted octanol–water partition coefficient (Wildman–Crippen LogP) is 2.01. The van der Waals surface area contributed by atoms with E-state index in [1.807, 2.05) is 58.3 Å². The monoisotopic (exact) mass is 322 g/mol. The van der Waals surface area contributed by atoms with Gasteiger partial charge in [0.15, 0.2) is 5.82 Å². The quantitative estimate of drug-likeness (QED) is 0.800. The molecule has 1 aliphatic heterocycles. The Kier molecular flexibility index (Phi) is 3.82. The number of aromatic amines is 1. The van der Waals surface area contributed by atoms with Crippen molar-refractivity contribution in [2.75, 3.05) is 13.1 Å². The Morgan fingerprint density at radius 1 is 1.17 bits per heavy atom. The van der Waals surface area contributed by atoms with Crippen LogP contribution in [0.1, 0.15) is 34.9 Å². The highest BCUT2D eigenvalue weighted by Crippen LogP contribution is 2.26. The number of piperidine rings is 1. The number of para-hydroxylation sites is 1. The van der Waals surface area contributed by atoms with Gasteiger partial charge in [-0.3, -0.25) is 4.79 Å². The molecule has 3 aromatic rings. The van der Waals surface area contributed by atoms with Crippen LogP contribution in [0.4, 0.5) is 0 Å². The van der Waals surface area contributed by atoms with Crippen molar-refractivity contribution in [1.29, 1.82) is 0 Å². The number of carbonyl (C=O) groups is 1. The zero-order valence-electron chi connectivity index (χ0n) is 13.2. The van der Waals surface area contributed by atoms with Crippen LogP contribution in [-0.4, -0.2) is 49.1 Å². The van der Waals surface area contributed by atoms with E-state index in [2.05, 4.69) is 20.6 Å². The van der Waals surface area contributed by atoms with Gasteiger partial charge in [0.05, 0.1) is 11.3 Å². The number of amides is 1. The van der Waals surface area contributed by atoms with Crippen molar-refractivity contribution in [3.05, 3.63) is 60.2 Å². The third kappa shape index (κ3) is 2.68. The van der Waals surface area contributed by atoms with Crippen LogP contribution in [0.15, 0.2) is 48.8 Å². The predicted molar refractivity (Wildman–Crippen MR) is 87.8 cm³/mol. The van der Waals surface area contributed by atoms with Gasteiger partial charge >= 0.3 is 0 Å². The molecule has 0 saturated carbocycles. The Labute approximate surface area is 139 Å². The van der Waals surface area contributed by atoms with Gasteiger partial charge in [-0.1, -0.05) is 17.3 Å². The lowest BCUT2D eigenvalue weighted by Crippen LogP contribution is -2.39. The van der Waals surface area contributed by atoms with Crippen LogP contribution in [-0.2, 0) is 0 Å². The third-order valence-corrected chi connectivity index (χ3v) is 4.45. The van der Waals surface area contributed by atoms with Crippen LogP contribution >= 0.6 is 0 Å². The summed E-state index contributed by atoms with van der Waals surface area (Å²) in [6, 6.07) is 11.6. The fourth-order valence-corrected chi connectivity index (χ4v) is 3.26. The van der Waals surface area contributed by atoms with E-state index < -0.39 is 0 Å². The van der Waals surface area contributed by atoms with Gasteiger partial charge in [0.1, 0.15) is 0 Å². The topological polar surface area (TPSA) is 79.7 Å². The molecule has 0 spiro atoms. The molecule has 1 aromatic carbocycles. The van der Waals surface area contributed by atoms with Gasteiger partial charge in [0, 0.05) is 31.4 Å². The van der Waals surface area contributed by atoms with E-state index in [9.17, 15) is 4.79 Å². The van der Waals surface area contributed by atoms with Gasteiger partial charge in [-0.2, -0.15) is 5.21 Å². The smallest absolute Gasteiger partial charge is 0.256 e. The molecule has 122 valence electrons. The molecule has 1 fully saturated rings. The molecule has 1 atom stereocenters. The molecule has 0 radical (unpaired) electrons. The van der Waals surface area contributed by atoms with Gasteiger partial charge in [-0.15, -0.1) is 10.2 Å². The Balaban J connectivity index is 1.60. The summed E-state index contributed by atoms with van der Waals surface area (Å²) in [6.45, 7) is 1.38. The summed E-state index contributed by atoms with van der Waals surface area (Å²) < 4.78 is 1.97. The summed E-state index contributed by atoms with van der Waals surface area (Å²) in [6.07, 6.45) is 5.81. The van der Waals surface area contributed by atoms with Crippen molar-refractivity contribution < 1.29 is 4.79 Å². The number of carbonyl (C=O) groups excluding carboxylic acids is 1. The number of likely N-dealkylation sites (tertiary alicyclic amines) is 1. The molecule has 1 saturated heterocycles. The second-order valence-corrected chi connectivity index (χ2v) is 5.97. The van der Waals surface area contributed by atoms with Crippen molar-refractivity contribution in [1.82, 2.24) is 30.1 Å². The minimum atomic E-state index is 0.0486. The van der Waals surface area contributed by atoms with Crippen LogP contribution in [0.2, 0.25) is 0 Å². The van der Waals surface area contributed by atoms with Crippen molar-refractivity contribution >= 4 is 5.91 Å². The Morgan fingerprint density at radius 2 is 2.00 bits per heavy atom. The van der Waals surface area contributed by atoms with E-state index in [0.717, 1.165) is 25.1 Å². The number of tetrazole rings is 1. The third-order valence-electron chi connectivity index (χ3n) is 4.45. The average Bonchev–Trinajstić information content (AvgIpc) is 3.35. The minimum absolute atomic E-state index is 0.0486. The van der Waals surface area contributed by atoms with E-state index in [0.29, 0.717) is 17.9 Å². The first kappa shape index (κ1) is 14.6. The molecule has 0 bridgehead atoms. The molecule has 1 aliphatic rings. The van der Waals surface area contributed by atoms with Crippen molar-refractivity contribution in [3.63, 3.8) is 0 Å². The zero-order valence-corrected chi connectivity index (χ0v) is 13.2. The molecule has 1 amide bonds. The molecule has 7 heteroatoms. The Morgan fingerprint density at radius 3 is 2.79 bits per heavy atom. The largest absolute Gasteiger partial charge is 0.338 e. The maximum atomic E-state index is 13.1. The molecule has 3 heterocycles. The van der Waals surface area contributed by atoms with Gasteiger partial charge in [0.25, 0.3) is 5.91 Å². The number of hydrogen-bond donors (Lipinski definition) is 1. The number of nitrogens with zero attached hydrogens (tertiary/aromatic N) is 5. The summed E-state index contributed by atoms with van der Waals surface area (Å²) in [7, 11) is 0. The molecule has 2 aromatic heterocycles. The van der Waals surface area contributed by atoms with Crippen LogP contribution in [0.5, 0.6) is 0 Å². The Hall–Kier alpha value is -2.96. The maximum absolute atomic E-state index is 13.1. The summed E-state index contributed by atoms with van der Waals surface area (Å²) in [5.74, 6) is 0.874. The number of H-pyrrole nitrogens is 1. The molecular formula is C17H18N6O. The first-order valence-electron chi connectivity index (χ1n) is 8.08. The van der Waals surface area contributed by atoms with E-state index >= 15 is 0 Å². The second-order valence-electron chi connectivity index (χ2n) is 5.97. The first-order valence-corrected chi connectivity index (χ1v) is 8.08. The number of hydrogen-bond acceptors (Lipinski definition) is 4. The molecule has 4 rings (SSSR count). The molecule has 1 N–H and O–H groups in total. The summed E-state index contributed by atoms with van der Waals surface area (Å²) in [5, 5.41) is 14.3. The van der Waals surface area contributed by atoms with E-state index in [1.165, 1.54) is 0 Å². The van der Waals surface area contributed by atoms with Crippen LogP contribution in [0.25, 0.3) is 5.69 Å². The molecular weight excluding hydrogens is 304 g/mol. The highest BCUT2D eigenvalue weighted by Gasteiger charge is 2.28. The molecule has 7 nitrogen and oxygen atoms in total. The fraction of sp³-hybridized carbons (Fsp3) is 0.294. The first-order chi connectivity index (χ1) is 11.8. The number of aromatic nitrogens is 5. The van der Waals surface area contributed by atoms with Crippen molar-refractivity contribution in [3.8, 4) is 5.69 Å². The van der Waals surface area contributed by atoms with Gasteiger partial charge in [-0.05, 0) is 37.1 Å². The van der Waals surface area contributed by atoms with Crippen molar-refractivity contribution in [2.24, 2.45) is 0 Å². The molecule has 0 aliphatic carbocycles. The molecule has 24 heavy (non-hydrogen) atoms. The normalized spacial score (nSPS) is 17.8. The lowest BCUT2D eigenvalue weighted by molar-refractivity contribution is 0.0704. The number of rotatable bonds is 3. The van der Waals surface area contributed by atoms with Gasteiger partial charge in [-0.25, -0.2) is 0 Å². The highest BCUT2D eigenvalue weighted by atomic mass is 16.2. The standard InChI is InChI=1S/C17H18N6O/c24-17(14-7-1-2-8-15(14)22-9-3-4-10-22)23-11-5-6-13(12-23)16-18-20-21-19-16/h1-4,7-10,13H,5-6,11-12H2,(H,18,19,20,21). The second kappa shape index (κ2) is 6.27. The van der Waals surface area contributed by atoms with Crippen molar-refractivity contribution in [2.45, 2.75) is 18.8 Å². The van der Waals surface area contributed by atoms with E-state index in [4.69, 9.17) is 0 Å². The van der Waals surface area contributed by atoms with Gasteiger partial charge in [0.2, 0.25) is 0 Å². The zero-order chi connectivity index (χ0) is 16.4. The summed E-state index contributed by atoms with van der Waals surface area (Å²) >= 11 is 0. The average molecular weight is 322 g/mol. The van der Waals surface area contributed by atoms with Crippen LogP contribution in [0.3, 0.4) is 0 Å². The van der Waals surface area contributed by atoms with E-state index in [1.54, 1.807) is 0 Å². The number of nitrogens with one attached hydrogen (secondary N) is 1. The minimum Gasteiger partial charge on any atom is -0.338 e. The lowest BCUT2D eigenvalue weighted by atomic mass is 9.96. The molecule has 1 unspecified atom stereocenters.